The molecular weight excluding hydrogens is 436 g/mol. The maximum absolute atomic E-state index is 11.8. The molecular formula is C30H54N2O3. The Balaban J connectivity index is 1.40. The van der Waals surface area contributed by atoms with Gasteiger partial charge in [0.05, 0.1) is 13.2 Å². The Morgan fingerprint density at radius 3 is 2.43 bits per heavy atom. The van der Waals surface area contributed by atoms with Crippen LogP contribution in [0, 0.1) is 46.3 Å². The van der Waals surface area contributed by atoms with Gasteiger partial charge in [-0.3, -0.25) is 4.79 Å². The van der Waals surface area contributed by atoms with Gasteiger partial charge in [-0.1, -0.05) is 34.6 Å². The Hall–Kier alpha value is -0.650. The van der Waals surface area contributed by atoms with Crippen molar-refractivity contribution in [1.82, 2.24) is 10.6 Å². The molecule has 202 valence electrons. The lowest BCUT2D eigenvalue weighted by atomic mass is 9.43. The van der Waals surface area contributed by atoms with Crippen LogP contribution in [-0.4, -0.2) is 49.5 Å². The van der Waals surface area contributed by atoms with Gasteiger partial charge in [0.15, 0.2) is 0 Å². The number of fused-ring (bicyclic) bond motifs is 5. The highest BCUT2D eigenvalue weighted by Gasteiger charge is 2.62. The van der Waals surface area contributed by atoms with E-state index >= 15 is 0 Å². The number of hydrogen-bond donors (Lipinski definition) is 3. The van der Waals surface area contributed by atoms with E-state index < -0.39 is 0 Å². The Morgan fingerprint density at radius 1 is 1.00 bits per heavy atom. The van der Waals surface area contributed by atoms with E-state index in [1.54, 1.807) is 0 Å². The largest absolute Gasteiger partial charge is 0.469 e. The summed E-state index contributed by atoms with van der Waals surface area (Å²) in [6.07, 6.45) is 11.2. The van der Waals surface area contributed by atoms with E-state index in [0.29, 0.717) is 64.8 Å². The number of aliphatic hydroxyl groups excluding tert-OH is 1. The number of nitrogens with one attached hydrogen (secondary N) is 2. The van der Waals surface area contributed by atoms with Gasteiger partial charge in [0.1, 0.15) is 0 Å². The summed E-state index contributed by atoms with van der Waals surface area (Å²) in [5.41, 5.74) is 0.692. The van der Waals surface area contributed by atoms with Crippen LogP contribution in [0.25, 0.3) is 0 Å². The number of hydrogen-bond acceptors (Lipinski definition) is 5. The van der Waals surface area contributed by atoms with Crippen molar-refractivity contribution < 1.29 is 14.6 Å². The summed E-state index contributed by atoms with van der Waals surface area (Å²) in [5.74, 6) is 3.53. The zero-order valence-corrected chi connectivity index (χ0v) is 23.4. The molecule has 5 heteroatoms. The van der Waals surface area contributed by atoms with Crippen molar-refractivity contribution in [3.63, 3.8) is 0 Å². The van der Waals surface area contributed by atoms with E-state index in [2.05, 4.69) is 45.3 Å². The molecule has 4 rings (SSSR count). The van der Waals surface area contributed by atoms with Crippen LogP contribution in [0.2, 0.25) is 0 Å². The first kappa shape index (κ1) is 27.4. The lowest BCUT2D eigenvalue weighted by Crippen LogP contribution is -2.59. The number of rotatable bonds is 9. The molecule has 0 saturated heterocycles. The van der Waals surface area contributed by atoms with E-state index in [9.17, 15) is 9.90 Å². The molecule has 0 aromatic carbocycles. The summed E-state index contributed by atoms with van der Waals surface area (Å²) in [7, 11) is 1.49. The van der Waals surface area contributed by atoms with Gasteiger partial charge in [0.25, 0.3) is 0 Å². The average molecular weight is 491 g/mol. The van der Waals surface area contributed by atoms with Gasteiger partial charge < -0.3 is 20.5 Å². The molecule has 35 heavy (non-hydrogen) atoms. The third-order valence-corrected chi connectivity index (χ3v) is 11.6. The molecule has 5 nitrogen and oxygen atoms in total. The van der Waals surface area contributed by atoms with Crippen molar-refractivity contribution in [1.29, 1.82) is 0 Å². The van der Waals surface area contributed by atoms with Gasteiger partial charge in [-0.15, -0.1) is 0 Å². The topological polar surface area (TPSA) is 70.6 Å². The summed E-state index contributed by atoms with van der Waals surface area (Å²) in [4.78, 5) is 11.8. The Kier molecular flexibility index (Phi) is 8.60. The minimum Gasteiger partial charge on any atom is -0.469 e. The number of carbonyl (C=O) groups is 1. The second-order valence-corrected chi connectivity index (χ2v) is 13.7. The molecule has 0 amide bonds. The number of ether oxygens (including phenoxy) is 1. The molecule has 4 aliphatic rings. The predicted octanol–water partition coefficient (Wildman–Crippen LogP) is 5.16. The quantitative estimate of drug-likeness (QED) is 0.308. The first-order chi connectivity index (χ1) is 16.6. The molecule has 10 atom stereocenters. The Bertz CT molecular complexity index is 728. The maximum Gasteiger partial charge on any atom is 0.305 e. The highest BCUT2D eigenvalue weighted by atomic mass is 16.5. The van der Waals surface area contributed by atoms with Crippen LogP contribution < -0.4 is 10.6 Å². The summed E-state index contributed by atoms with van der Waals surface area (Å²) in [5, 5.41) is 19.0. The van der Waals surface area contributed by atoms with Crippen LogP contribution in [0.3, 0.4) is 0 Å². The highest BCUT2D eigenvalue weighted by molar-refractivity contribution is 5.69. The first-order valence-electron chi connectivity index (χ1n) is 14.8. The number of carbonyl (C=O) groups excluding carboxylic acids is 1. The normalized spacial score (nSPS) is 43.8. The third kappa shape index (κ3) is 5.34. The van der Waals surface area contributed by atoms with Crippen molar-refractivity contribution >= 4 is 5.97 Å². The van der Waals surface area contributed by atoms with Gasteiger partial charge in [-0.05, 0) is 104 Å². The molecule has 5 unspecified atom stereocenters. The fourth-order valence-corrected chi connectivity index (χ4v) is 9.67. The van der Waals surface area contributed by atoms with Crippen molar-refractivity contribution in [2.45, 2.75) is 117 Å². The monoisotopic (exact) mass is 490 g/mol. The van der Waals surface area contributed by atoms with Gasteiger partial charge in [0, 0.05) is 31.6 Å². The van der Waals surface area contributed by atoms with Crippen LogP contribution in [0.4, 0.5) is 0 Å². The molecule has 4 saturated carbocycles. The lowest BCUT2D eigenvalue weighted by Gasteiger charge is -2.62. The van der Waals surface area contributed by atoms with Gasteiger partial charge in [0.2, 0.25) is 0 Å². The minimum atomic E-state index is -0.145. The summed E-state index contributed by atoms with van der Waals surface area (Å²) >= 11 is 0. The Morgan fingerprint density at radius 2 is 1.71 bits per heavy atom. The molecule has 4 aliphatic carbocycles. The molecule has 0 radical (unpaired) electrons. The maximum atomic E-state index is 11.8. The van der Waals surface area contributed by atoms with E-state index in [1.807, 2.05) is 0 Å². The van der Waals surface area contributed by atoms with Crippen LogP contribution >= 0.6 is 0 Å². The van der Waals surface area contributed by atoms with E-state index in [0.717, 1.165) is 25.9 Å². The zero-order chi connectivity index (χ0) is 25.4. The average Bonchev–Trinajstić information content (AvgIpc) is 3.17. The fourth-order valence-electron chi connectivity index (χ4n) is 9.67. The van der Waals surface area contributed by atoms with Crippen LogP contribution in [-0.2, 0) is 9.53 Å². The molecule has 0 heterocycles. The SMILES string of the molecule is COC(=O)CCC(C)[C@H]1CCC2C3C(O)C[C@H]4C[C@H](NCCNC(C)C)CC[C@]4(C)C3CC[C@@]21C. The van der Waals surface area contributed by atoms with Crippen LogP contribution in [0.15, 0.2) is 0 Å². The number of methoxy groups -OCH3 is 1. The summed E-state index contributed by atoms with van der Waals surface area (Å²) < 4.78 is 4.91. The molecule has 4 fully saturated rings. The van der Waals surface area contributed by atoms with Crippen LogP contribution in [0.5, 0.6) is 0 Å². The molecule has 0 aromatic rings. The summed E-state index contributed by atoms with van der Waals surface area (Å²) in [6, 6.07) is 1.14. The predicted molar refractivity (Wildman–Crippen MR) is 142 cm³/mol. The van der Waals surface area contributed by atoms with Gasteiger partial charge >= 0.3 is 5.97 Å². The second-order valence-electron chi connectivity index (χ2n) is 13.7. The minimum absolute atomic E-state index is 0.0804. The molecule has 0 aromatic heterocycles. The van der Waals surface area contributed by atoms with Crippen molar-refractivity contribution in [3.8, 4) is 0 Å². The second kappa shape index (κ2) is 11.0. The number of esters is 1. The third-order valence-electron chi connectivity index (χ3n) is 11.6. The van der Waals surface area contributed by atoms with Crippen molar-refractivity contribution in [2.75, 3.05) is 20.2 Å². The number of aliphatic hydroxyl groups is 1. The lowest BCUT2D eigenvalue weighted by molar-refractivity contribution is -0.167. The molecule has 0 spiro atoms. The first-order valence-corrected chi connectivity index (χ1v) is 14.8. The van der Waals surface area contributed by atoms with Gasteiger partial charge in [-0.2, -0.15) is 0 Å². The van der Waals surface area contributed by atoms with Gasteiger partial charge in [-0.25, -0.2) is 0 Å². The van der Waals surface area contributed by atoms with Crippen molar-refractivity contribution in [2.24, 2.45) is 46.3 Å². The van der Waals surface area contributed by atoms with Crippen LogP contribution in [0.1, 0.15) is 98.8 Å². The molecule has 0 aliphatic heterocycles. The standard InChI is InChI=1S/C30H54N2O3/c1-19(2)31-15-16-32-22-11-13-29(4)21(17-22)18-26(33)28-24-9-8-23(20(3)7-10-27(34)35-6)30(24,5)14-12-25(28)29/h19-26,28,31-33H,7-18H2,1-6H3/t20?,21-,22-,23-,24?,25?,26?,28?,29+,30-/m1/s1. The fraction of sp³-hybridized carbons (Fsp3) is 0.967. The summed E-state index contributed by atoms with van der Waals surface area (Å²) in [6.45, 7) is 14.0. The van der Waals surface area contributed by atoms with E-state index in [1.165, 1.54) is 52.1 Å². The zero-order valence-electron chi connectivity index (χ0n) is 23.4. The Labute approximate surface area is 214 Å². The molecule has 3 N–H and O–H groups in total. The smallest absolute Gasteiger partial charge is 0.305 e. The molecule has 0 bridgehead atoms. The van der Waals surface area contributed by atoms with E-state index in [-0.39, 0.29) is 12.1 Å². The van der Waals surface area contributed by atoms with Crippen molar-refractivity contribution in [3.05, 3.63) is 0 Å². The highest BCUT2D eigenvalue weighted by Crippen LogP contribution is 2.68. The van der Waals surface area contributed by atoms with E-state index in [4.69, 9.17) is 4.74 Å².